The van der Waals surface area contributed by atoms with Gasteiger partial charge in [-0.25, -0.2) is 8.42 Å². The number of allylic oxidation sites excluding steroid dienone is 1. The van der Waals surface area contributed by atoms with Gasteiger partial charge in [-0.3, -0.25) is 4.79 Å². The first kappa shape index (κ1) is 13.4. The molecule has 16 heavy (non-hydrogen) atoms. The fraction of sp³-hybridized carbons (Fsp3) is 0.727. The molecule has 1 fully saturated rings. The topological polar surface area (TPSA) is 63.2 Å². The molecule has 0 aromatic heterocycles. The van der Waals surface area contributed by atoms with Crippen LogP contribution in [0.5, 0.6) is 0 Å². The molecule has 0 aromatic carbocycles. The molecule has 1 atom stereocenters. The van der Waals surface area contributed by atoms with Gasteiger partial charge in [0, 0.05) is 25.4 Å². The number of rotatable bonds is 5. The van der Waals surface area contributed by atoms with E-state index in [0.717, 1.165) is 5.57 Å². The number of hydrogen-bond acceptors (Lipinski definition) is 4. The number of hydrogen-bond donors (Lipinski definition) is 1. The Kier molecular flexibility index (Phi) is 4.68. The summed E-state index contributed by atoms with van der Waals surface area (Å²) in [6, 6.07) is -0.198. The maximum absolute atomic E-state index is 11.6. The third kappa shape index (κ3) is 4.90. The zero-order valence-electron chi connectivity index (χ0n) is 9.66. The van der Waals surface area contributed by atoms with Crippen LogP contribution in [0.25, 0.3) is 0 Å². The van der Waals surface area contributed by atoms with Crippen molar-refractivity contribution in [3.63, 3.8) is 0 Å². The first-order valence-corrected chi connectivity index (χ1v) is 7.31. The molecular weight excluding hydrogens is 226 g/mol. The highest BCUT2D eigenvalue weighted by atomic mass is 32.2. The minimum atomic E-state index is -2.94. The summed E-state index contributed by atoms with van der Waals surface area (Å²) in [6.07, 6.45) is 1.47. The second kappa shape index (κ2) is 5.59. The van der Waals surface area contributed by atoms with Crippen molar-refractivity contribution in [2.45, 2.75) is 32.2 Å². The average molecular weight is 245 g/mol. The highest BCUT2D eigenvalue weighted by molar-refractivity contribution is 7.91. The van der Waals surface area contributed by atoms with Gasteiger partial charge >= 0.3 is 0 Å². The van der Waals surface area contributed by atoms with Crippen molar-refractivity contribution in [1.82, 2.24) is 5.32 Å². The van der Waals surface area contributed by atoms with E-state index in [-0.39, 0.29) is 23.3 Å². The minimum Gasteiger partial charge on any atom is -0.312 e. The molecule has 0 amide bonds. The number of Topliss-reactive ketones (excluding diaryl/α,β-unsaturated/α-hetero) is 1. The molecular formula is C11H19NO3S. The molecule has 92 valence electrons. The lowest BCUT2D eigenvalue weighted by Crippen LogP contribution is -2.45. The third-order valence-electron chi connectivity index (χ3n) is 2.61. The van der Waals surface area contributed by atoms with Crippen molar-refractivity contribution < 1.29 is 13.2 Å². The van der Waals surface area contributed by atoms with E-state index in [0.29, 0.717) is 25.8 Å². The molecule has 0 spiro atoms. The van der Waals surface area contributed by atoms with Crippen molar-refractivity contribution in [2.75, 3.05) is 18.1 Å². The van der Waals surface area contributed by atoms with Crippen LogP contribution in [0.3, 0.4) is 0 Å². The van der Waals surface area contributed by atoms with Crippen LogP contribution in [0, 0.1) is 0 Å². The normalized spacial score (nSPS) is 23.9. The lowest BCUT2D eigenvalue weighted by Gasteiger charge is -2.22. The Morgan fingerprint density at radius 2 is 2.12 bits per heavy atom. The summed E-state index contributed by atoms with van der Waals surface area (Å²) in [6.45, 7) is 6.08. The molecule has 4 nitrogen and oxygen atoms in total. The van der Waals surface area contributed by atoms with Gasteiger partial charge in [0.2, 0.25) is 0 Å². The minimum absolute atomic E-state index is 0.0891. The predicted octanol–water partition coefficient (Wildman–Crippen LogP) is 0.689. The molecule has 0 aromatic rings. The van der Waals surface area contributed by atoms with Crippen LogP contribution in [0.4, 0.5) is 0 Å². The van der Waals surface area contributed by atoms with E-state index in [2.05, 4.69) is 11.9 Å². The third-order valence-corrected chi connectivity index (χ3v) is 4.34. The quantitative estimate of drug-likeness (QED) is 0.724. The summed E-state index contributed by atoms with van der Waals surface area (Å²) < 4.78 is 22.7. The van der Waals surface area contributed by atoms with Gasteiger partial charge < -0.3 is 5.32 Å². The van der Waals surface area contributed by atoms with E-state index in [9.17, 15) is 13.2 Å². The van der Waals surface area contributed by atoms with E-state index in [1.807, 2.05) is 6.92 Å². The maximum Gasteiger partial charge on any atom is 0.153 e. The molecule has 1 aliphatic heterocycles. The highest BCUT2D eigenvalue weighted by Gasteiger charge is 2.25. The summed E-state index contributed by atoms with van der Waals surface area (Å²) >= 11 is 0. The van der Waals surface area contributed by atoms with Crippen LogP contribution in [0.2, 0.25) is 0 Å². The van der Waals surface area contributed by atoms with E-state index in [1.165, 1.54) is 0 Å². The van der Waals surface area contributed by atoms with Crippen LogP contribution in [-0.2, 0) is 14.6 Å². The first-order chi connectivity index (χ1) is 7.39. The van der Waals surface area contributed by atoms with Gasteiger partial charge in [0.1, 0.15) is 5.78 Å². The summed E-state index contributed by atoms with van der Waals surface area (Å²) in [5.74, 6) is 0.382. The van der Waals surface area contributed by atoms with Crippen LogP contribution in [-0.4, -0.2) is 38.3 Å². The molecule has 1 N–H and O–H groups in total. The summed E-state index contributed by atoms with van der Waals surface area (Å²) in [4.78, 5) is 11.6. The Bertz CT molecular complexity index is 373. The fourth-order valence-corrected chi connectivity index (χ4v) is 3.17. The van der Waals surface area contributed by atoms with Crippen LogP contribution in [0.15, 0.2) is 12.2 Å². The van der Waals surface area contributed by atoms with Gasteiger partial charge in [-0.05, 0) is 13.3 Å². The molecule has 5 heteroatoms. The lowest BCUT2D eigenvalue weighted by atomic mass is 10.1. The maximum atomic E-state index is 11.6. The van der Waals surface area contributed by atoms with Gasteiger partial charge in [-0.15, -0.1) is 6.58 Å². The number of carbonyl (C=O) groups excluding carboxylic acids is 1. The first-order valence-electron chi connectivity index (χ1n) is 5.49. The number of sulfone groups is 1. The van der Waals surface area contributed by atoms with Gasteiger partial charge in [0.15, 0.2) is 9.84 Å². The molecule has 0 aliphatic carbocycles. The monoisotopic (exact) mass is 245 g/mol. The molecule has 0 radical (unpaired) electrons. The molecule has 0 saturated carbocycles. The van der Waals surface area contributed by atoms with Gasteiger partial charge in [-0.1, -0.05) is 5.57 Å². The molecule has 1 rings (SSSR count). The average Bonchev–Trinajstić information content (AvgIpc) is 2.13. The Morgan fingerprint density at radius 1 is 1.44 bits per heavy atom. The van der Waals surface area contributed by atoms with Crippen LogP contribution in [0.1, 0.15) is 26.2 Å². The van der Waals surface area contributed by atoms with Crippen molar-refractivity contribution in [3.05, 3.63) is 12.2 Å². The van der Waals surface area contributed by atoms with E-state index in [4.69, 9.17) is 0 Å². The standard InChI is InChI=1S/C11H19NO3S/c1-9(2)3-4-11(13)7-10-8-16(14,15)6-5-12-10/h10,12H,1,3-8H2,2H3. The number of carbonyl (C=O) groups is 1. The van der Waals surface area contributed by atoms with Gasteiger partial charge in [0.25, 0.3) is 0 Å². The summed E-state index contributed by atoms with van der Waals surface area (Å²) in [5.41, 5.74) is 0.984. The van der Waals surface area contributed by atoms with Crippen molar-refractivity contribution in [1.29, 1.82) is 0 Å². The van der Waals surface area contributed by atoms with Crippen molar-refractivity contribution in [2.24, 2.45) is 0 Å². The smallest absolute Gasteiger partial charge is 0.153 e. The molecule has 1 unspecified atom stereocenters. The summed E-state index contributed by atoms with van der Waals surface area (Å²) in [5, 5.41) is 3.07. The Labute approximate surface area is 97.0 Å². The zero-order chi connectivity index (χ0) is 12.2. The number of ketones is 1. The second-order valence-electron chi connectivity index (χ2n) is 4.47. The largest absolute Gasteiger partial charge is 0.312 e. The molecule has 1 heterocycles. The summed E-state index contributed by atoms with van der Waals surface area (Å²) in [7, 11) is -2.94. The van der Waals surface area contributed by atoms with Crippen LogP contribution >= 0.6 is 0 Å². The van der Waals surface area contributed by atoms with E-state index < -0.39 is 9.84 Å². The van der Waals surface area contributed by atoms with E-state index >= 15 is 0 Å². The molecule has 1 aliphatic rings. The molecule has 0 bridgehead atoms. The second-order valence-corrected chi connectivity index (χ2v) is 6.69. The lowest BCUT2D eigenvalue weighted by molar-refractivity contribution is -0.119. The highest BCUT2D eigenvalue weighted by Crippen LogP contribution is 2.09. The predicted molar refractivity (Wildman–Crippen MR) is 64.1 cm³/mol. The molecule has 1 saturated heterocycles. The SMILES string of the molecule is C=C(C)CCC(=O)CC1CS(=O)(=O)CCN1. The van der Waals surface area contributed by atoms with E-state index in [1.54, 1.807) is 0 Å². The fourth-order valence-electron chi connectivity index (χ4n) is 1.73. The Balaban J connectivity index is 2.36. The zero-order valence-corrected chi connectivity index (χ0v) is 10.5. The van der Waals surface area contributed by atoms with Crippen molar-refractivity contribution >= 4 is 15.6 Å². The van der Waals surface area contributed by atoms with Gasteiger partial charge in [-0.2, -0.15) is 0 Å². The van der Waals surface area contributed by atoms with Gasteiger partial charge in [0.05, 0.1) is 11.5 Å². The Morgan fingerprint density at radius 3 is 2.69 bits per heavy atom. The van der Waals surface area contributed by atoms with Crippen LogP contribution < -0.4 is 5.32 Å². The number of nitrogens with one attached hydrogen (secondary N) is 1. The Hall–Kier alpha value is -0.680. The van der Waals surface area contributed by atoms with Crippen molar-refractivity contribution in [3.8, 4) is 0 Å².